The molecule has 0 heterocycles. The molecule has 0 spiro atoms. The molecule has 2 aromatic carbocycles. The van der Waals surface area contributed by atoms with Gasteiger partial charge in [-0.2, -0.15) is 0 Å². The van der Waals surface area contributed by atoms with E-state index in [0.717, 1.165) is 5.56 Å². The van der Waals surface area contributed by atoms with Crippen molar-refractivity contribution in [1.29, 1.82) is 0 Å². The first-order valence-corrected chi connectivity index (χ1v) is 7.50. The molecule has 0 saturated heterocycles. The minimum Gasteiger partial charge on any atom is -0.497 e. The predicted octanol–water partition coefficient (Wildman–Crippen LogP) is 1.90. The molecule has 0 aliphatic carbocycles. The summed E-state index contributed by atoms with van der Waals surface area (Å²) < 4.78 is 5.08. The van der Waals surface area contributed by atoms with Crippen LogP contribution in [0.2, 0.25) is 0 Å². The Morgan fingerprint density at radius 3 is 2.29 bits per heavy atom. The SMILES string of the molecule is COc1ccc(N(CC(=O)O)CC(=O)NCc2ccccc2)cc1. The van der Waals surface area contributed by atoms with E-state index >= 15 is 0 Å². The maximum Gasteiger partial charge on any atom is 0.323 e. The van der Waals surface area contributed by atoms with Crippen LogP contribution in [-0.2, 0) is 16.1 Å². The number of amides is 1. The Kier molecular flexibility index (Phi) is 6.19. The van der Waals surface area contributed by atoms with Crippen molar-refractivity contribution in [3.63, 3.8) is 0 Å². The van der Waals surface area contributed by atoms with E-state index in [1.54, 1.807) is 31.4 Å². The molecule has 0 atom stereocenters. The largest absolute Gasteiger partial charge is 0.497 e. The Morgan fingerprint density at radius 2 is 1.71 bits per heavy atom. The highest BCUT2D eigenvalue weighted by molar-refractivity contribution is 5.84. The van der Waals surface area contributed by atoms with Crippen LogP contribution >= 0.6 is 0 Å². The van der Waals surface area contributed by atoms with Crippen LogP contribution in [0.15, 0.2) is 54.6 Å². The van der Waals surface area contributed by atoms with Gasteiger partial charge < -0.3 is 20.1 Å². The zero-order valence-electron chi connectivity index (χ0n) is 13.4. The number of hydrogen-bond donors (Lipinski definition) is 2. The number of methoxy groups -OCH3 is 1. The average molecular weight is 328 g/mol. The van der Waals surface area contributed by atoms with Crippen LogP contribution in [0.5, 0.6) is 5.75 Å². The number of carboxylic acid groups (broad SMARTS) is 1. The first-order valence-electron chi connectivity index (χ1n) is 7.50. The summed E-state index contributed by atoms with van der Waals surface area (Å²) in [6.45, 7) is 0.111. The van der Waals surface area contributed by atoms with Crippen LogP contribution in [-0.4, -0.2) is 37.2 Å². The van der Waals surface area contributed by atoms with Gasteiger partial charge in [-0.15, -0.1) is 0 Å². The minimum absolute atomic E-state index is 0.0362. The number of carbonyl (C=O) groups excluding carboxylic acids is 1. The third-order valence-electron chi connectivity index (χ3n) is 3.43. The van der Waals surface area contributed by atoms with Gasteiger partial charge in [-0.05, 0) is 29.8 Å². The quantitative estimate of drug-likeness (QED) is 0.774. The van der Waals surface area contributed by atoms with Crippen LogP contribution in [0.4, 0.5) is 5.69 Å². The van der Waals surface area contributed by atoms with Crippen LogP contribution in [0, 0.1) is 0 Å². The number of rotatable bonds is 8. The van der Waals surface area contributed by atoms with Crippen molar-refractivity contribution in [3.05, 3.63) is 60.2 Å². The number of ether oxygens (including phenoxy) is 1. The molecule has 24 heavy (non-hydrogen) atoms. The fraction of sp³-hybridized carbons (Fsp3) is 0.222. The standard InChI is InChI=1S/C18H20N2O4/c1-24-16-9-7-15(8-10-16)20(13-18(22)23)12-17(21)19-11-14-5-3-2-4-6-14/h2-10H,11-13H2,1H3,(H,19,21)(H,22,23). The van der Waals surface area contributed by atoms with E-state index in [-0.39, 0.29) is 19.0 Å². The van der Waals surface area contributed by atoms with Gasteiger partial charge in [-0.3, -0.25) is 9.59 Å². The number of anilines is 1. The molecule has 0 radical (unpaired) electrons. The summed E-state index contributed by atoms with van der Waals surface area (Å²) >= 11 is 0. The number of nitrogens with zero attached hydrogens (tertiary/aromatic N) is 1. The lowest BCUT2D eigenvalue weighted by molar-refractivity contribution is -0.135. The zero-order valence-corrected chi connectivity index (χ0v) is 13.4. The van der Waals surface area contributed by atoms with Gasteiger partial charge in [0.15, 0.2) is 0 Å². The molecule has 126 valence electrons. The molecule has 0 aromatic heterocycles. The molecule has 2 rings (SSSR count). The summed E-state index contributed by atoms with van der Waals surface area (Å²) in [5, 5.41) is 11.9. The Balaban J connectivity index is 1.99. The summed E-state index contributed by atoms with van der Waals surface area (Å²) in [5.74, 6) is -0.569. The van der Waals surface area contributed by atoms with Crippen LogP contribution in [0.3, 0.4) is 0 Å². The van der Waals surface area contributed by atoms with E-state index < -0.39 is 5.97 Å². The molecule has 2 aromatic rings. The smallest absolute Gasteiger partial charge is 0.323 e. The molecule has 0 bridgehead atoms. The van der Waals surface area contributed by atoms with E-state index in [0.29, 0.717) is 18.0 Å². The Bertz CT molecular complexity index is 671. The fourth-order valence-electron chi connectivity index (χ4n) is 2.22. The number of nitrogens with one attached hydrogen (secondary N) is 1. The van der Waals surface area contributed by atoms with Crippen molar-refractivity contribution in [2.45, 2.75) is 6.54 Å². The van der Waals surface area contributed by atoms with Gasteiger partial charge in [0.1, 0.15) is 12.3 Å². The van der Waals surface area contributed by atoms with Gasteiger partial charge in [0, 0.05) is 12.2 Å². The highest BCUT2D eigenvalue weighted by Gasteiger charge is 2.15. The van der Waals surface area contributed by atoms with Gasteiger partial charge in [0.25, 0.3) is 0 Å². The lowest BCUT2D eigenvalue weighted by Crippen LogP contribution is -2.39. The number of carbonyl (C=O) groups is 2. The van der Waals surface area contributed by atoms with Gasteiger partial charge in [0.2, 0.25) is 5.91 Å². The van der Waals surface area contributed by atoms with Crippen molar-refractivity contribution in [2.75, 3.05) is 25.1 Å². The Hall–Kier alpha value is -3.02. The highest BCUT2D eigenvalue weighted by Crippen LogP contribution is 2.19. The van der Waals surface area contributed by atoms with Crippen molar-refractivity contribution in [2.24, 2.45) is 0 Å². The predicted molar refractivity (Wildman–Crippen MR) is 91.1 cm³/mol. The fourth-order valence-corrected chi connectivity index (χ4v) is 2.22. The average Bonchev–Trinajstić information content (AvgIpc) is 2.60. The molecule has 0 saturated carbocycles. The van der Waals surface area contributed by atoms with E-state index in [2.05, 4.69) is 5.32 Å². The molecular weight excluding hydrogens is 308 g/mol. The Labute approximate surface area is 140 Å². The lowest BCUT2D eigenvalue weighted by Gasteiger charge is -2.22. The summed E-state index contributed by atoms with van der Waals surface area (Å²) in [4.78, 5) is 24.7. The minimum atomic E-state index is -0.998. The lowest BCUT2D eigenvalue weighted by atomic mass is 10.2. The molecule has 1 amide bonds. The molecule has 6 heteroatoms. The van der Waals surface area contributed by atoms with Crippen molar-refractivity contribution >= 4 is 17.6 Å². The van der Waals surface area contributed by atoms with E-state index in [9.17, 15) is 9.59 Å². The maximum atomic E-state index is 12.1. The van der Waals surface area contributed by atoms with Crippen molar-refractivity contribution in [1.82, 2.24) is 5.32 Å². The third-order valence-corrected chi connectivity index (χ3v) is 3.43. The van der Waals surface area contributed by atoms with Crippen LogP contribution in [0.25, 0.3) is 0 Å². The van der Waals surface area contributed by atoms with E-state index in [1.165, 1.54) is 4.90 Å². The molecule has 0 unspecified atom stereocenters. The second-order valence-electron chi connectivity index (χ2n) is 5.21. The van der Waals surface area contributed by atoms with Gasteiger partial charge in [0.05, 0.1) is 13.7 Å². The second kappa shape index (κ2) is 8.57. The van der Waals surface area contributed by atoms with Crippen LogP contribution < -0.4 is 15.0 Å². The summed E-state index contributed by atoms with van der Waals surface area (Å²) in [6, 6.07) is 16.4. The van der Waals surface area contributed by atoms with Crippen molar-refractivity contribution in [3.8, 4) is 5.75 Å². The number of benzene rings is 2. The maximum absolute atomic E-state index is 12.1. The van der Waals surface area contributed by atoms with E-state index in [4.69, 9.17) is 9.84 Å². The molecule has 0 fully saturated rings. The van der Waals surface area contributed by atoms with Crippen molar-refractivity contribution < 1.29 is 19.4 Å². The summed E-state index contributed by atoms with van der Waals surface area (Å²) in [6.07, 6.45) is 0. The first-order chi connectivity index (χ1) is 11.6. The number of aliphatic carboxylic acids is 1. The Morgan fingerprint density at radius 1 is 1.04 bits per heavy atom. The molecular formula is C18H20N2O4. The number of hydrogen-bond acceptors (Lipinski definition) is 4. The normalized spacial score (nSPS) is 10.0. The molecule has 0 aliphatic rings. The monoisotopic (exact) mass is 328 g/mol. The molecule has 6 nitrogen and oxygen atoms in total. The third kappa shape index (κ3) is 5.31. The van der Waals surface area contributed by atoms with Gasteiger partial charge >= 0.3 is 5.97 Å². The first kappa shape index (κ1) is 17.3. The topological polar surface area (TPSA) is 78.9 Å². The summed E-state index contributed by atoms with van der Waals surface area (Å²) in [5.41, 5.74) is 1.63. The molecule has 2 N–H and O–H groups in total. The zero-order chi connectivity index (χ0) is 17.4. The van der Waals surface area contributed by atoms with Crippen LogP contribution in [0.1, 0.15) is 5.56 Å². The molecule has 0 aliphatic heterocycles. The highest BCUT2D eigenvalue weighted by atomic mass is 16.5. The van der Waals surface area contributed by atoms with E-state index in [1.807, 2.05) is 30.3 Å². The van der Waals surface area contributed by atoms with Gasteiger partial charge in [-0.1, -0.05) is 30.3 Å². The van der Waals surface area contributed by atoms with Gasteiger partial charge in [-0.25, -0.2) is 0 Å². The second-order valence-corrected chi connectivity index (χ2v) is 5.21. The summed E-state index contributed by atoms with van der Waals surface area (Å²) in [7, 11) is 1.56. The number of carboxylic acids is 1.